The predicted molar refractivity (Wildman–Crippen MR) is 127 cm³/mol. The Morgan fingerprint density at radius 3 is 2.24 bits per heavy atom. The first-order valence-electron chi connectivity index (χ1n) is 11.7. The minimum Gasteiger partial charge on any atom is -0.508 e. The summed E-state index contributed by atoms with van der Waals surface area (Å²) in [5.41, 5.74) is 1.86. The molecule has 1 aliphatic heterocycles. The number of fused-ring (bicyclic) bond motifs is 3. The van der Waals surface area contributed by atoms with Crippen LogP contribution in [0.3, 0.4) is 0 Å². The molecular formula is C27H25NO9. The molecule has 1 fully saturated rings. The molecule has 4 unspecified atom stereocenters. The highest BCUT2D eigenvalue weighted by Gasteiger charge is 2.58. The van der Waals surface area contributed by atoms with E-state index in [1.807, 2.05) is 6.08 Å². The molecule has 37 heavy (non-hydrogen) atoms. The molecule has 0 radical (unpaired) electrons. The number of ketones is 2. The Morgan fingerprint density at radius 1 is 1.00 bits per heavy atom. The summed E-state index contributed by atoms with van der Waals surface area (Å²) in [4.78, 5) is 66.0. The number of rotatable bonds is 3. The lowest BCUT2D eigenvalue weighted by atomic mass is 9.59. The maximum Gasteiger partial charge on any atom is 0.423 e. The standard InChI is InChI=1S/C27H25NO9/c1-11-7-17(30)16-10-15-13(5-6-14-20(15)26(33)28(25(14)32)27(34)37-4)21(22(16)24(11)31)23-18(35-2)8-12(29)9-19(23)36-3/h5,7-9,14-15,20-21,29H,6,10H2,1-4H3. The van der Waals surface area contributed by atoms with Crippen molar-refractivity contribution in [1.29, 1.82) is 0 Å². The van der Waals surface area contributed by atoms with Gasteiger partial charge in [-0.1, -0.05) is 11.6 Å². The molecule has 0 saturated carbocycles. The molecule has 0 spiro atoms. The number of hydrogen-bond donors (Lipinski definition) is 1. The highest BCUT2D eigenvalue weighted by atomic mass is 16.5. The monoisotopic (exact) mass is 507 g/mol. The molecule has 1 aromatic carbocycles. The number of benzene rings is 1. The third-order valence-electron chi connectivity index (χ3n) is 7.74. The van der Waals surface area contributed by atoms with Gasteiger partial charge in [0.15, 0.2) is 11.6 Å². The van der Waals surface area contributed by atoms with Crippen molar-refractivity contribution in [3.63, 3.8) is 0 Å². The minimum atomic E-state index is -1.05. The van der Waals surface area contributed by atoms with Gasteiger partial charge in [-0.3, -0.25) is 19.2 Å². The highest BCUT2D eigenvalue weighted by Crippen LogP contribution is 2.58. The number of carbonyl (C=O) groups excluding carboxylic acids is 5. The zero-order valence-corrected chi connectivity index (χ0v) is 20.7. The third kappa shape index (κ3) is 3.42. The van der Waals surface area contributed by atoms with E-state index in [0.29, 0.717) is 16.0 Å². The summed E-state index contributed by atoms with van der Waals surface area (Å²) in [6.07, 6.45) is 2.25. The SMILES string of the molecule is COC(=O)N1C(=O)C2CC=C3C(c4c(OC)cc(O)cc4OC)C4=C(CC3C2C1=O)C(=O)C=C(C)C4=O. The van der Waals surface area contributed by atoms with Crippen molar-refractivity contribution in [1.82, 2.24) is 4.90 Å². The number of amides is 3. The van der Waals surface area contributed by atoms with Gasteiger partial charge in [0.25, 0.3) is 0 Å². The molecule has 3 amide bonds. The summed E-state index contributed by atoms with van der Waals surface area (Å²) in [6.45, 7) is 1.57. The second kappa shape index (κ2) is 8.72. The van der Waals surface area contributed by atoms with Gasteiger partial charge >= 0.3 is 6.09 Å². The molecule has 5 rings (SSSR count). The average Bonchev–Trinajstić information content (AvgIpc) is 3.14. The summed E-state index contributed by atoms with van der Waals surface area (Å²) in [5, 5.41) is 10.2. The predicted octanol–water partition coefficient (Wildman–Crippen LogP) is 2.61. The van der Waals surface area contributed by atoms with Crippen LogP contribution in [0.5, 0.6) is 17.2 Å². The number of phenols is 1. The van der Waals surface area contributed by atoms with Gasteiger partial charge in [0.2, 0.25) is 11.8 Å². The minimum absolute atomic E-state index is 0.0595. The van der Waals surface area contributed by atoms with Crippen LogP contribution in [-0.4, -0.2) is 60.8 Å². The molecule has 1 N–H and O–H groups in total. The Hall–Kier alpha value is -4.21. The molecule has 10 nitrogen and oxygen atoms in total. The molecule has 192 valence electrons. The van der Waals surface area contributed by atoms with E-state index in [9.17, 15) is 29.1 Å². The van der Waals surface area contributed by atoms with Gasteiger partial charge in [0, 0.05) is 40.3 Å². The second-order valence-corrected chi connectivity index (χ2v) is 9.47. The maximum atomic E-state index is 13.5. The van der Waals surface area contributed by atoms with Crippen molar-refractivity contribution in [2.45, 2.75) is 25.7 Å². The number of nitrogens with zero attached hydrogens (tertiary/aromatic N) is 1. The number of ether oxygens (including phenoxy) is 3. The number of imide groups is 3. The zero-order chi connectivity index (χ0) is 26.8. The summed E-state index contributed by atoms with van der Waals surface area (Å²) in [5.74, 6) is -4.84. The molecule has 1 aromatic rings. The van der Waals surface area contributed by atoms with Crippen molar-refractivity contribution in [3.05, 3.63) is 52.1 Å². The summed E-state index contributed by atoms with van der Waals surface area (Å²) in [6, 6.07) is 2.77. The number of hydrogen-bond acceptors (Lipinski definition) is 9. The lowest BCUT2D eigenvalue weighted by Crippen LogP contribution is -2.40. The molecule has 0 bridgehead atoms. The molecular weight excluding hydrogens is 482 g/mol. The Labute approximate surface area is 212 Å². The lowest BCUT2D eigenvalue weighted by molar-refractivity contribution is -0.137. The van der Waals surface area contributed by atoms with E-state index >= 15 is 0 Å². The number of allylic oxidation sites excluding steroid dienone is 6. The van der Waals surface area contributed by atoms with Crippen LogP contribution < -0.4 is 9.47 Å². The van der Waals surface area contributed by atoms with Crippen molar-refractivity contribution in [3.8, 4) is 17.2 Å². The van der Waals surface area contributed by atoms with E-state index in [4.69, 9.17) is 9.47 Å². The Balaban J connectivity index is 1.75. The third-order valence-corrected chi connectivity index (χ3v) is 7.74. The van der Waals surface area contributed by atoms with Gasteiger partial charge in [-0.2, -0.15) is 4.90 Å². The smallest absolute Gasteiger partial charge is 0.423 e. The van der Waals surface area contributed by atoms with Crippen LogP contribution in [0.15, 0.2) is 46.6 Å². The summed E-state index contributed by atoms with van der Waals surface area (Å²) < 4.78 is 15.8. The van der Waals surface area contributed by atoms with Gasteiger partial charge in [-0.15, -0.1) is 0 Å². The maximum absolute atomic E-state index is 13.5. The molecule has 1 saturated heterocycles. The van der Waals surface area contributed by atoms with Crippen LogP contribution >= 0.6 is 0 Å². The number of methoxy groups -OCH3 is 3. The first-order valence-corrected chi connectivity index (χ1v) is 11.7. The van der Waals surface area contributed by atoms with Crippen LogP contribution in [0.2, 0.25) is 0 Å². The summed E-state index contributed by atoms with van der Waals surface area (Å²) >= 11 is 0. The van der Waals surface area contributed by atoms with Crippen LogP contribution in [0.4, 0.5) is 4.79 Å². The molecule has 1 heterocycles. The molecule has 4 aliphatic rings. The van der Waals surface area contributed by atoms with E-state index in [0.717, 1.165) is 7.11 Å². The van der Waals surface area contributed by atoms with Gasteiger partial charge in [-0.05, 0) is 31.8 Å². The van der Waals surface area contributed by atoms with E-state index in [2.05, 4.69) is 4.74 Å². The Morgan fingerprint density at radius 2 is 1.65 bits per heavy atom. The highest BCUT2D eigenvalue weighted by molar-refractivity contribution is 6.24. The van der Waals surface area contributed by atoms with Crippen LogP contribution in [0, 0.1) is 17.8 Å². The fraction of sp³-hybridized carbons (Fsp3) is 0.370. The van der Waals surface area contributed by atoms with E-state index in [1.54, 1.807) is 6.92 Å². The average molecular weight is 507 g/mol. The lowest BCUT2D eigenvalue weighted by Gasteiger charge is -2.42. The second-order valence-electron chi connectivity index (χ2n) is 9.47. The quantitative estimate of drug-likeness (QED) is 0.372. The summed E-state index contributed by atoms with van der Waals surface area (Å²) in [7, 11) is 3.91. The number of aromatic hydroxyl groups is 1. The van der Waals surface area contributed by atoms with E-state index in [-0.39, 0.29) is 58.4 Å². The fourth-order valence-electron chi connectivity index (χ4n) is 6.17. The molecule has 4 atom stereocenters. The van der Waals surface area contributed by atoms with Crippen molar-refractivity contribution < 1.29 is 43.3 Å². The van der Waals surface area contributed by atoms with Crippen LogP contribution in [-0.2, 0) is 23.9 Å². The van der Waals surface area contributed by atoms with Gasteiger partial charge in [-0.25, -0.2) is 4.79 Å². The van der Waals surface area contributed by atoms with Crippen LogP contribution in [0.25, 0.3) is 0 Å². The molecule has 0 aromatic heterocycles. The van der Waals surface area contributed by atoms with Gasteiger partial charge in [0.05, 0.1) is 33.2 Å². The van der Waals surface area contributed by atoms with E-state index < -0.39 is 41.6 Å². The first kappa shape index (κ1) is 24.5. The Kier molecular flexibility index (Phi) is 5.77. The van der Waals surface area contributed by atoms with Crippen molar-refractivity contribution in [2.24, 2.45) is 17.8 Å². The number of likely N-dealkylation sites (tertiary alicyclic amines) is 1. The normalized spacial score (nSPS) is 26.8. The zero-order valence-electron chi connectivity index (χ0n) is 20.7. The van der Waals surface area contributed by atoms with Gasteiger partial charge in [0.1, 0.15) is 17.2 Å². The molecule has 3 aliphatic carbocycles. The number of Topliss-reactive ketones (excluding diaryl/α,β-unsaturated/α-hetero) is 1. The van der Waals surface area contributed by atoms with Gasteiger partial charge < -0.3 is 19.3 Å². The topological polar surface area (TPSA) is 137 Å². The number of carbonyl (C=O) groups is 5. The molecule has 10 heteroatoms. The number of phenolic OH excluding ortho intramolecular Hbond substituents is 1. The Bertz CT molecular complexity index is 1360. The largest absolute Gasteiger partial charge is 0.508 e. The van der Waals surface area contributed by atoms with E-state index in [1.165, 1.54) is 32.4 Å². The fourth-order valence-corrected chi connectivity index (χ4v) is 6.17. The van der Waals surface area contributed by atoms with Crippen molar-refractivity contribution >= 4 is 29.5 Å². The van der Waals surface area contributed by atoms with Crippen molar-refractivity contribution in [2.75, 3.05) is 21.3 Å². The van der Waals surface area contributed by atoms with Crippen LogP contribution in [0.1, 0.15) is 31.2 Å². The first-order chi connectivity index (χ1) is 17.6.